The Hall–Kier alpha value is -5.05. The number of aliphatic hydroxyl groups is 1. The van der Waals surface area contributed by atoms with E-state index >= 15 is 0 Å². The smallest absolute Gasteiger partial charge is 0.306 e. The van der Waals surface area contributed by atoms with Gasteiger partial charge >= 0.3 is 5.97 Å². The normalized spacial score (nSPS) is 37.4. The summed E-state index contributed by atoms with van der Waals surface area (Å²) in [6.07, 6.45) is 62.4. The highest BCUT2D eigenvalue weighted by Crippen LogP contribution is 2.69. The molecule has 666 valence electrons. The van der Waals surface area contributed by atoms with Crippen molar-refractivity contribution >= 4 is 29.1 Å². The molecule has 2 aromatic rings. The number of ether oxygens (including phenoxy) is 5. The summed E-state index contributed by atoms with van der Waals surface area (Å²) >= 11 is 0. The quantitative estimate of drug-likeness (QED) is 0.0463. The van der Waals surface area contributed by atoms with E-state index in [-0.39, 0.29) is 62.2 Å². The molecule has 0 aromatic heterocycles. The molecule has 13 heteroatoms. The molecule has 14 aliphatic rings. The average Bonchev–Trinajstić information content (AvgIpc) is 1.39. The van der Waals surface area contributed by atoms with Crippen molar-refractivity contribution < 1.29 is 63.0 Å². The van der Waals surface area contributed by atoms with Crippen LogP contribution in [0.25, 0.3) is 0 Å². The predicted octanol–water partition coefficient (Wildman–Crippen LogP) is 24.6. The van der Waals surface area contributed by atoms with Crippen LogP contribution in [-0.4, -0.2) is 111 Å². The lowest BCUT2D eigenvalue weighted by Crippen LogP contribution is -2.52. The highest BCUT2D eigenvalue weighted by Gasteiger charge is 2.63. The number of benzene rings is 2. The number of Topliss-reactive ketones (excluding diaryl/α,β-unsaturated/α-hetero) is 2. The van der Waals surface area contributed by atoms with Gasteiger partial charge in [-0.3, -0.25) is 24.0 Å². The molecule has 0 aliphatic heterocycles. The number of esters is 1. The largest absolute Gasteiger partial charge is 0.508 e. The lowest BCUT2D eigenvalue weighted by molar-refractivity contribution is -0.157. The summed E-state index contributed by atoms with van der Waals surface area (Å²) in [4.78, 5) is 61.9. The molecule has 14 aliphatic carbocycles. The van der Waals surface area contributed by atoms with Crippen molar-refractivity contribution in [2.75, 3.05) is 54.9 Å². The van der Waals surface area contributed by atoms with Crippen molar-refractivity contribution in [2.24, 2.45) is 104 Å². The van der Waals surface area contributed by atoms with Gasteiger partial charge < -0.3 is 39.0 Å². The maximum Gasteiger partial charge on any atom is 0.306 e. The fourth-order valence-corrected chi connectivity index (χ4v) is 29.5. The van der Waals surface area contributed by atoms with Crippen LogP contribution in [0.2, 0.25) is 0 Å². The molecule has 3 N–H and O–H groups in total. The minimum absolute atomic E-state index is 0.0282. The van der Waals surface area contributed by atoms with Crippen LogP contribution in [0.3, 0.4) is 0 Å². The fraction of sp³-hybridized carbons (Fsp3) is 0.766. The van der Waals surface area contributed by atoms with Gasteiger partial charge in [0, 0.05) is 99.1 Å². The minimum Gasteiger partial charge on any atom is -0.508 e. The summed E-state index contributed by atoms with van der Waals surface area (Å²) in [5.41, 5.74) is 8.08. The number of phenolic OH excluding ortho intramolecular Hbond substituents is 2. The molecule has 0 saturated heterocycles. The lowest BCUT2D eigenvalue weighted by Gasteiger charge is -2.57. The summed E-state index contributed by atoms with van der Waals surface area (Å²) in [6.45, 7) is 19.0. The van der Waals surface area contributed by atoms with E-state index in [2.05, 4.69) is 78.8 Å². The number of carbonyl (C=O) groups excluding carboxylic acids is 5. The van der Waals surface area contributed by atoms with Gasteiger partial charge in [0.1, 0.15) is 29.2 Å². The molecule has 13 nitrogen and oxygen atoms in total. The molecular weight excluding hydrogens is 1490 g/mol. The van der Waals surface area contributed by atoms with Crippen molar-refractivity contribution in [3.63, 3.8) is 0 Å². The van der Waals surface area contributed by atoms with Gasteiger partial charge in [0.15, 0.2) is 11.6 Å². The Kier molecular flexibility index (Phi) is 31.8. The molecule has 10 saturated carbocycles. The van der Waals surface area contributed by atoms with Gasteiger partial charge in [-0.25, -0.2) is 0 Å². The Bertz CT molecular complexity index is 3810. The molecule has 0 amide bonds. The van der Waals surface area contributed by atoms with E-state index in [0.29, 0.717) is 144 Å². The zero-order valence-electron chi connectivity index (χ0n) is 76.5. The predicted molar refractivity (Wildman–Crippen MR) is 480 cm³/mol. The second-order valence-electron chi connectivity index (χ2n) is 42.6. The summed E-state index contributed by atoms with van der Waals surface area (Å²) in [6, 6.07) is 12.2. The number of ketones is 4. The van der Waals surface area contributed by atoms with Gasteiger partial charge in [0.05, 0.1) is 25.9 Å². The molecule has 24 atom stereocenters. The molecular formula is C107H160O13. The van der Waals surface area contributed by atoms with Crippen LogP contribution in [-0.2, 0) is 47.7 Å². The van der Waals surface area contributed by atoms with Gasteiger partial charge in [-0.1, -0.05) is 206 Å². The van der Waals surface area contributed by atoms with Gasteiger partial charge in [0.25, 0.3) is 0 Å². The van der Waals surface area contributed by atoms with Gasteiger partial charge in [0.2, 0.25) is 0 Å². The molecule has 120 heavy (non-hydrogen) atoms. The second-order valence-corrected chi connectivity index (χ2v) is 42.6. The van der Waals surface area contributed by atoms with Crippen LogP contribution in [0, 0.1) is 104 Å². The second kappa shape index (κ2) is 41.2. The topological polar surface area (TPSA) is 192 Å². The number of rotatable bonds is 32. The molecule has 0 heterocycles. The number of unbranched alkanes of at least 4 members (excludes halogenated alkanes) is 19. The Balaban J connectivity index is 0.000000142. The zero-order valence-corrected chi connectivity index (χ0v) is 76.5. The number of methoxy groups -OCH3 is 4. The maximum atomic E-state index is 12.9. The average molecular weight is 1650 g/mol. The van der Waals surface area contributed by atoms with E-state index < -0.39 is 0 Å². The Morgan fingerprint density at radius 1 is 0.417 bits per heavy atom. The van der Waals surface area contributed by atoms with Crippen molar-refractivity contribution in [1.29, 1.82) is 0 Å². The number of aromatic hydroxyl groups is 2. The molecule has 0 bridgehead atoms. The third-order valence-corrected chi connectivity index (χ3v) is 36.0. The van der Waals surface area contributed by atoms with Crippen LogP contribution in [0.4, 0.5) is 0 Å². The van der Waals surface area contributed by atoms with Crippen LogP contribution >= 0.6 is 0 Å². The molecule has 0 radical (unpaired) electrons. The highest BCUT2D eigenvalue weighted by atomic mass is 16.5. The third kappa shape index (κ3) is 19.6. The minimum atomic E-state index is -0.110. The van der Waals surface area contributed by atoms with Gasteiger partial charge in [-0.05, 0) is 288 Å². The molecule has 16 rings (SSSR count). The van der Waals surface area contributed by atoms with E-state index in [0.717, 1.165) is 129 Å². The van der Waals surface area contributed by atoms with Gasteiger partial charge in [-0.2, -0.15) is 0 Å². The number of hydrogen-bond donors (Lipinski definition) is 3. The molecule has 2 aromatic carbocycles. The van der Waals surface area contributed by atoms with E-state index in [4.69, 9.17) is 23.7 Å². The highest BCUT2D eigenvalue weighted by molar-refractivity contribution is 6.02. The first kappa shape index (κ1) is 92.6. The molecule has 10 fully saturated rings. The Morgan fingerprint density at radius 3 is 1.33 bits per heavy atom. The van der Waals surface area contributed by atoms with Crippen molar-refractivity contribution in [2.45, 2.75) is 360 Å². The standard InChI is InChI=1S/C38H62O4.C27H42O3.2C21H28O3/c1-4-5-6-7-8-9-10-11-12-13-14-15-16-17-18-19-37(40)42-36-23-22-35-34-26-29(28-41-3)33-27-30(39)20-21-31(33)32(34)24-25-38(35,36)2;1-27-15-14-22-21-11-10-20(28)18-23(21)19(9-7-5-3-4-6-8-16-30-2)17-24(22)25(27)12-13-26(27)29;2*1-20-8-6-14(22)11-18(20)13(12-24-3)10-15-16-4-5-19(23)21(16,2)9-7-17(15)20/h20-21,27,29,32,34-36,39H,4-19,22-26,28H2,1-3H3;10-11,18-19,22,24-26,28-29H,3-9,12-17H2,1-2H3;2*6,8,11,13,15-17H,4-5,7,9-10,12H2,1-3H3/t29-,32+,34+,35-,36-,38-;19-,22-,24-,25+,26+,27+;13-,15+,16+,17+,20-,21+;13-,15-,16-,17-,20+,21-/m0110/s1. The number of phenols is 2. The molecule has 0 spiro atoms. The number of aliphatic hydroxyl groups excluding tert-OH is 1. The first-order chi connectivity index (χ1) is 57.8. The zero-order chi connectivity index (χ0) is 85.2. The van der Waals surface area contributed by atoms with Crippen LogP contribution in [0.5, 0.6) is 11.5 Å². The number of carbonyl (C=O) groups is 5. The van der Waals surface area contributed by atoms with Crippen molar-refractivity contribution in [3.05, 3.63) is 106 Å². The van der Waals surface area contributed by atoms with E-state index in [1.165, 1.54) is 181 Å². The van der Waals surface area contributed by atoms with E-state index in [9.17, 15) is 39.3 Å². The van der Waals surface area contributed by atoms with Crippen LogP contribution < -0.4 is 0 Å². The van der Waals surface area contributed by atoms with Crippen LogP contribution in [0.1, 0.15) is 370 Å². The van der Waals surface area contributed by atoms with Crippen molar-refractivity contribution in [3.8, 4) is 11.5 Å². The van der Waals surface area contributed by atoms with E-state index in [1.807, 2.05) is 30.4 Å². The first-order valence-electron chi connectivity index (χ1n) is 49.3. The number of hydrogen-bond acceptors (Lipinski definition) is 13. The number of allylic oxidation sites excluding steroid dienone is 6. The monoisotopic (exact) mass is 1650 g/mol. The van der Waals surface area contributed by atoms with Crippen LogP contribution in [0.15, 0.2) is 84.0 Å². The Morgan fingerprint density at radius 2 is 0.842 bits per heavy atom. The number of fused-ring (bicyclic) bond motifs is 20. The summed E-state index contributed by atoms with van der Waals surface area (Å²) < 4.78 is 28.0. The maximum absolute atomic E-state index is 12.9. The molecule has 0 unspecified atom stereocenters. The summed E-state index contributed by atoms with van der Waals surface area (Å²) in [7, 11) is 7.05. The van der Waals surface area contributed by atoms with Gasteiger partial charge in [-0.15, -0.1) is 0 Å². The van der Waals surface area contributed by atoms with E-state index in [1.54, 1.807) is 40.6 Å². The summed E-state index contributed by atoms with van der Waals surface area (Å²) in [5.74, 6) is 10.4. The fourth-order valence-electron chi connectivity index (χ4n) is 29.5. The Labute approximate surface area is 724 Å². The first-order valence-corrected chi connectivity index (χ1v) is 49.3. The third-order valence-electron chi connectivity index (χ3n) is 36.0. The lowest BCUT2D eigenvalue weighted by atomic mass is 9.46. The summed E-state index contributed by atoms with van der Waals surface area (Å²) in [5, 5.41) is 31.1. The SMILES string of the molecule is CCCCCCCCCCCCCCCCCC(=O)O[C@H]1CC[C@H]2[C@@H]3C[C@@H](COC)c4cc(O)ccc4[C@H]3CC[C@]12C.COCCCCCCCC[C@@H]1C[C@@H]2[C@H](CC[C@]3(C)[C@@H](O)CC[C@@H]23)c2ccc(O)cc21.COC[C@@H]1C[C@@H]2[C@H](CC[C@]3(C)C(=O)CC[C@@H]23)[C@@]2(C)C=CC(=O)C=C12.COC[C@H]1C[C@@H]2[C@H](CC[C@]3(C)C(=O)CC[C@@H]23)[C@@]2(C)C=CC(=O)C=C12. The van der Waals surface area contributed by atoms with Crippen molar-refractivity contribution in [1.82, 2.24) is 0 Å².